The summed E-state index contributed by atoms with van der Waals surface area (Å²) in [5.74, 6) is 0.200. The highest BCUT2D eigenvalue weighted by Crippen LogP contribution is 2.25. The zero-order valence-corrected chi connectivity index (χ0v) is 11.6. The maximum absolute atomic E-state index is 12.2. The molecule has 0 fully saturated rings. The van der Waals surface area contributed by atoms with Crippen LogP contribution >= 0.6 is 12.2 Å². The molecule has 0 saturated carbocycles. The Morgan fingerprint density at radius 3 is 2.42 bits per heavy atom. The zero-order chi connectivity index (χ0) is 14.4. The van der Waals surface area contributed by atoms with Crippen LogP contribution in [0.4, 0.5) is 8.78 Å². The van der Waals surface area contributed by atoms with Gasteiger partial charge in [0.1, 0.15) is 5.75 Å². The first-order chi connectivity index (χ1) is 8.93. The van der Waals surface area contributed by atoms with Crippen molar-refractivity contribution in [1.82, 2.24) is 10.7 Å². The lowest BCUT2D eigenvalue weighted by molar-refractivity contribution is -0.0507. The molecule has 0 heterocycles. The van der Waals surface area contributed by atoms with Gasteiger partial charge >= 0.3 is 6.61 Å². The lowest BCUT2D eigenvalue weighted by Crippen LogP contribution is -2.28. The number of nitrogens with zero attached hydrogens (tertiary/aromatic N) is 1. The third-order valence-corrected chi connectivity index (χ3v) is 2.59. The van der Waals surface area contributed by atoms with Gasteiger partial charge in [-0.1, -0.05) is 0 Å². The van der Waals surface area contributed by atoms with Crippen LogP contribution < -0.4 is 15.5 Å². The van der Waals surface area contributed by atoms with Crippen LogP contribution in [0.25, 0.3) is 0 Å². The van der Waals surface area contributed by atoms with Crippen molar-refractivity contribution in [3.63, 3.8) is 0 Å². The molecule has 0 aliphatic carbocycles. The predicted molar refractivity (Wildman–Crippen MR) is 74.9 cm³/mol. The van der Waals surface area contributed by atoms with E-state index in [4.69, 9.17) is 12.2 Å². The summed E-state index contributed by atoms with van der Waals surface area (Å²) in [6.07, 6.45) is 1.55. The Balaban J connectivity index is 2.85. The molecule has 1 rings (SSSR count). The Kier molecular flexibility index (Phi) is 5.62. The smallest absolute Gasteiger partial charge is 0.387 e. The minimum atomic E-state index is -2.83. The molecule has 1 aromatic rings. The third-order valence-electron chi connectivity index (χ3n) is 2.30. The summed E-state index contributed by atoms with van der Waals surface area (Å²) in [4.78, 5) is 0. The van der Waals surface area contributed by atoms with Crippen molar-refractivity contribution in [2.45, 2.75) is 20.5 Å². The highest BCUT2D eigenvalue weighted by atomic mass is 32.1. The molecule has 0 aliphatic rings. The molecule has 0 bridgehead atoms. The molecule has 0 saturated heterocycles. The first kappa shape index (κ1) is 15.3. The van der Waals surface area contributed by atoms with Gasteiger partial charge in [-0.15, -0.1) is 0 Å². The van der Waals surface area contributed by atoms with E-state index < -0.39 is 6.61 Å². The van der Waals surface area contributed by atoms with E-state index in [9.17, 15) is 8.78 Å². The molecule has 19 heavy (non-hydrogen) atoms. The molecule has 0 aliphatic heterocycles. The number of nitrogens with one attached hydrogen (secondary N) is 2. The van der Waals surface area contributed by atoms with Crippen LogP contribution in [0, 0.1) is 13.8 Å². The second-order valence-corrected chi connectivity index (χ2v) is 4.22. The zero-order valence-electron chi connectivity index (χ0n) is 10.8. The number of hydrogen-bond acceptors (Lipinski definition) is 3. The summed E-state index contributed by atoms with van der Waals surface area (Å²) in [7, 11) is 1.68. The van der Waals surface area contributed by atoms with Gasteiger partial charge in [-0.3, -0.25) is 5.43 Å². The van der Waals surface area contributed by atoms with Crippen LogP contribution in [-0.2, 0) is 0 Å². The van der Waals surface area contributed by atoms with E-state index in [1.807, 2.05) is 0 Å². The molecule has 0 radical (unpaired) electrons. The molecule has 104 valence electrons. The van der Waals surface area contributed by atoms with Crippen LogP contribution in [0.5, 0.6) is 5.75 Å². The van der Waals surface area contributed by atoms with E-state index in [-0.39, 0.29) is 5.75 Å². The summed E-state index contributed by atoms with van der Waals surface area (Å²) in [6, 6.07) is 3.41. The number of hydrazone groups is 1. The monoisotopic (exact) mass is 287 g/mol. The van der Waals surface area contributed by atoms with Gasteiger partial charge in [-0.25, -0.2) is 0 Å². The molecule has 0 unspecified atom stereocenters. The highest BCUT2D eigenvalue weighted by Gasteiger charge is 2.10. The summed E-state index contributed by atoms with van der Waals surface area (Å²) in [5, 5.41) is 7.02. The number of thiocarbonyl (C=S) groups is 1. The van der Waals surface area contributed by atoms with Gasteiger partial charge in [0.05, 0.1) is 6.21 Å². The first-order valence-corrected chi connectivity index (χ1v) is 5.91. The SMILES string of the molecule is CNC(=S)N/N=C\c1cc(C)c(OC(F)F)c(C)c1. The molecular formula is C12H15F2N3OS. The molecule has 4 nitrogen and oxygen atoms in total. The van der Waals surface area contributed by atoms with Crippen LogP contribution in [0.3, 0.4) is 0 Å². The fourth-order valence-corrected chi connectivity index (χ4v) is 1.61. The van der Waals surface area contributed by atoms with E-state index >= 15 is 0 Å². The second kappa shape index (κ2) is 6.98. The van der Waals surface area contributed by atoms with Crippen LogP contribution in [0.15, 0.2) is 17.2 Å². The summed E-state index contributed by atoms with van der Waals surface area (Å²) in [6.45, 7) is 0.577. The summed E-state index contributed by atoms with van der Waals surface area (Å²) >= 11 is 4.85. The first-order valence-electron chi connectivity index (χ1n) is 5.51. The topological polar surface area (TPSA) is 45.7 Å². The van der Waals surface area contributed by atoms with Gasteiger partial charge in [-0.05, 0) is 54.9 Å². The van der Waals surface area contributed by atoms with Crippen LogP contribution in [0.1, 0.15) is 16.7 Å². The van der Waals surface area contributed by atoms with Gasteiger partial charge in [0.25, 0.3) is 0 Å². The van der Waals surface area contributed by atoms with E-state index in [0.717, 1.165) is 5.56 Å². The Labute approximate surface area is 115 Å². The van der Waals surface area contributed by atoms with Gasteiger partial charge in [0.15, 0.2) is 5.11 Å². The van der Waals surface area contributed by atoms with Crippen molar-refractivity contribution in [2.75, 3.05) is 7.05 Å². The normalized spacial score (nSPS) is 10.8. The Morgan fingerprint density at radius 2 is 1.95 bits per heavy atom. The van der Waals surface area contributed by atoms with Crippen LogP contribution in [-0.4, -0.2) is 25.0 Å². The van der Waals surface area contributed by atoms with Crippen molar-refractivity contribution in [3.8, 4) is 5.75 Å². The number of halogens is 2. The lowest BCUT2D eigenvalue weighted by Gasteiger charge is -2.11. The van der Waals surface area contributed by atoms with Crippen molar-refractivity contribution in [1.29, 1.82) is 0 Å². The molecule has 0 atom stereocenters. The lowest BCUT2D eigenvalue weighted by atomic mass is 10.1. The van der Waals surface area contributed by atoms with Gasteiger partial charge in [0, 0.05) is 7.05 Å². The van der Waals surface area contributed by atoms with E-state index in [1.165, 1.54) is 0 Å². The van der Waals surface area contributed by atoms with Crippen molar-refractivity contribution in [2.24, 2.45) is 5.10 Å². The molecular weight excluding hydrogens is 272 g/mol. The van der Waals surface area contributed by atoms with Crippen molar-refractivity contribution >= 4 is 23.5 Å². The van der Waals surface area contributed by atoms with E-state index in [2.05, 4.69) is 20.6 Å². The average Bonchev–Trinajstić information content (AvgIpc) is 2.33. The molecule has 2 N–H and O–H groups in total. The second-order valence-electron chi connectivity index (χ2n) is 3.81. The number of ether oxygens (including phenoxy) is 1. The number of alkyl halides is 2. The number of hydrogen-bond donors (Lipinski definition) is 2. The van der Waals surface area contributed by atoms with Gasteiger partial charge in [0.2, 0.25) is 0 Å². The van der Waals surface area contributed by atoms with Crippen molar-refractivity contribution in [3.05, 3.63) is 28.8 Å². The maximum Gasteiger partial charge on any atom is 0.387 e. The Hall–Kier alpha value is -1.76. The van der Waals surface area contributed by atoms with Gasteiger partial charge in [-0.2, -0.15) is 13.9 Å². The van der Waals surface area contributed by atoms with E-state index in [0.29, 0.717) is 16.2 Å². The number of benzene rings is 1. The fraction of sp³-hybridized carbons (Fsp3) is 0.333. The Morgan fingerprint density at radius 1 is 1.37 bits per heavy atom. The molecule has 7 heteroatoms. The van der Waals surface area contributed by atoms with Gasteiger partial charge < -0.3 is 10.1 Å². The quantitative estimate of drug-likeness (QED) is 0.507. The van der Waals surface area contributed by atoms with E-state index in [1.54, 1.807) is 39.2 Å². The minimum Gasteiger partial charge on any atom is -0.434 e. The average molecular weight is 287 g/mol. The molecule has 0 spiro atoms. The van der Waals surface area contributed by atoms with Crippen molar-refractivity contribution < 1.29 is 13.5 Å². The maximum atomic E-state index is 12.2. The largest absolute Gasteiger partial charge is 0.434 e. The summed E-state index contributed by atoms with van der Waals surface area (Å²) < 4.78 is 28.9. The standard InChI is InChI=1S/C12H15F2N3OS/c1-7-4-9(6-16-17-12(19)15-3)5-8(2)10(7)18-11(13)14/h4-6,11H,1-3H3,(H2,15,17,19)/b16-6-. The fourth-order valence-electron chi connectivity index (χ4n) is 1.55. The third kappa shape index (κ3) is 4.78. The highest BCUT2D eigenvalue weighted by molar-refractivity contribution is 7.80. The number of rotatable bonds is 4. The molecule has 0 aromatic heterocycles. The molecule has 1 aromatic carbocycles. The predicted octanol–water partition coefficient (Wildman–Crippen LogP) is 2.33. The Bertz CT molecular complexity index is 469. The summed E-state index contributed by atoms with van der Waals surface area (Å²) in [5.41, 5.74) is 4.62. The molecule has 0 amide bonds. The minimum absolute atomic E-state index is 0.200. The number of aryl methyl sites for hydroxylation is 2. The van der Waals surface area contributed by atoms with Crippen LogP contribution in [0.2, 0.25) is 0 Å².